The Balaban J connectivity index is 2.20. The molecule has 1 amide bonds. The molecule has 1 aromatic heterocycles. The molecular weight excluding hydrogens is 306 g/mol. The minimum absolute atomic E-state index is 0.261. The van der Waals surface area contributed by atoms with Crippen molar-refractivity contribution in [1.82, 2.24) is 15.5 Å². The van der Waals surface area contributed by atoms with Gasteiger partial charge in [0.2, 0.25) is 5.91 Å². The van der Waals surface area contributed by atoms with Crippen LogP contribution >= 0.6 is 0 Å². The third-order valence-corrected chi connectivity index (χ3v) is 3.12. The molecular formula is C14H13N3O6. The van der Waals surface area contributed by atoms with Crippen LogP contribution in [0.5, 0.6) is 0 Å². The predicted molar refractivity (Wildman–Crippen MR) is 77.9 cm³/mol. The van der Waals surface area contributed by atoms with E-state index in [1.54, 1.807) is 24.3 Å². The summed E-state index contributed by atoms with van der Waals surface area (Å²) in [5.74, 6) is -3.49. The number of benzene rings is 1. The van der Waals surface area contributed by atoms with Crippen LogP contribution in [0.1, 0.15) is 12.1 Å². The molecule has 2 aromatic rings. The fourth-order valence-corrected chi connectivity index (χ4v) is 2.08. The van der Waals surface area contributed by atoms with E-state index >= 15 is 0 Å². The molecule has 4 N–H and O–H groups in total. The third-order valence-electron chi connectivity index (χ3n) is 3.12. The highest BCUT2D eigenvalue weighted by Gasteiger charge is 2.23. The smallest absolute Gasteiger partial charge is 0.326 e. The van der Waals surface area contributed by atoms with Crippen LogP contribution < -0.4 is 10.9 Å². The van der Waals surface area contributed by atoms with E-state index in [-0.39, 0.29) is 12.1 Å². The van der Waals surface area contributed by atoms with E-state index in [9.17, 15) is 19.2 Å². The number of aromatic nitrogens is 2. The Bertz CT molecular complexity index is 829. The third kappa shape index (κ3) is 3.90. The van der Waals surface area contributed by atoms with Crippen molar-refractivity contribution in [3.8, 4) is 0 Å². The molecule has 1 heterocycles. The van der Waals surface area contributed by atoms with E-state index in [1.165, 1.54) is 0 Å². The van der Waals surface area contributed by atoms with Gasteiger partial charge in [0.25, 0.3) is 5.56 Å². The van der Waals surface area contributed by atoms with Gasteiger partial charge < -0.3 is 15.5 Å². The zero-order chi connectivity index (χ0) is 17.0. The van der Waals surface area contributed by atoms with E-state index < -0.39 is 35.9 Å². The van der Waals surface area contributed by atoms with Crippen molar-refractivity contribution in [2.45, 2.75) is 18.9 Å². The molecule has 9 nitrogen and oxygen atoms in total. The SMILES string of the molecule is O=C(O)C[C@@H](NC(=O)Cc1n[nH]c(=O)c2ccccc12)C(=O)O. The second kappa shape index (κ2) is 6.69. The number of H-pyrrole nitrogens is 1. The number of nitrogens with one attached hydrogen (secondary N) is 2. The van der Waals surface area contributed by atoms with Crippen LogP contribution in [0.4, 0.5) is 0 Å². The minimum Gasteiger partial charge on any atom is -0.481 e. The topological polar surface area (TPSA) is 149 Å². The summed E-state index contributed by atoms with van der Waals surface area (Å²) in [4.78, 5) is 45.1. The summed E-state index contributed by atoms with van der Waals surface area (Å²) < 4.78 is 0. The molecule has 0 unspecified atom stereocenters. The van der Waals surface area contributed by atoms with Gasteiger partial charge in [0.15, 0.2) is 0 Å². The number of carboxylic acid groups (broad SMARTS) is 2. The summed E-state index contributed by atoms with van der Waals surface area (Å²) in [7, 11) is 0. The van der Waals surface area contributed by atoms with Crippen molar-refractivity contribution < 1.29 is 24.6 Å². The average molecular weight is 319 g/mol. The van der Waals surface area contributed by atoms with E-state index in [0.29, 0.717) is 10.8 Å². The van der Waals surface area contributed by atoms with Crippen LogP contribution in [0.3, 0.4) is 0 Å². The Labute approximate surface area is 128 Å². The molecule has 0 aliphatic rings. The maximum absolute atomic E-state index is 11.9. The van der Waals surface area contributed by atoms with Gasteiger partial charge in [0.05, 0.1) is 23.9 Å². The zero-order valence-corrected chi connectivity index (χ0v) is 11.8. The molecule has 0 saturated carbocycles. The van der Waals surface area contributed by atoms with E-state index in [4.69, 9.17) is 10.2 Å². The normalized spacial score (nSPS) is 11.8. The molecule has 0 saturated heterocycles. The standard InChI is InChI=1S/C14H13N3O6/c18-11(15-10(14(22)23)6-12(19)20)5-9-7-3-1-2-4-8(7)13(21)17-16-9/h1-4,10H,5-6H2,(H,15,18)(H,17,21)(H,19,20)(H,22,23)/t10-/m1/s1. The second-order valence-corrected chi connectivity index (χ2v) is 4.78. The quantitative estimate of drug-likeness (QED) is 0.561. The molecule has 1 aromatic carbocycles. The molecule has 9 heteroatoms. The number of rotatable bonds is 6. The number of fused-ring (bicyclic) bond motifs is 1. The van der Waals surface area contributed by atoms with Crippen molar-refractivity contribution in [3.05, 3.63) is 40.3 Å². The summed E-state index contributed by atoms with van der Waals surface area (Å²) in [5, 5.41) is 26.5. The molecule has 0 bridgehead atoms. The van der Waals surface area contributed by atoms with Gasteiger partial charge in [-0.2, -0.15) is 5.10 Å². The van der Waals surface area contributed by atoms with Crippen molar-refractivity contribution >= 4 is 28.6 Å². The Morgan fingerprint density at radius 2 is 1.83 bits per heavy atom. The number of aliphatic carboxylic acids is 2. The van der Waals surface area contributed by atoms with E-state index in [2.05, 4.69) is 15.5 Å². The van der Waals surface area contributed by atoms with Crippen molar-refractivity contribution in [2.24, 2.45) is 0 Å². The van der Waals surface area contributed by atoms with Crippen molar-refractivity contribution in [2.75, 3.05) is 0 Å². The molecule has 2 rings (SSSR count). The highest BCUT2D eigenvalue weighted by Crippen LogP contribution is 2.12. The summed E-state index contributed by atoms with van der Waals surface area (Å²) in [6, 6.07) is 4.99. The maximum atomic E-state index is 11.9. The van der Waals surface area contributed by atoms with Gasteiger partial charge in [0.1, 0.15) is 6.04 Å². The van der Waals surface area contributed by atoms with Gasteiger partial charge in [0, 0.05) is 5.39 Å². The number of amides is 1. The Kier molecular flexibility index (Phi) is 4.69. The van der Waals surface area contributed by atoms with Crippen LogP contribution in [-0.4, -0.2) is 44.3 Å². The largest absolute Gasteiger partial charge is 0.481 e. The monoisotopic (exact) mass is 319 g/mol. The number of nitrogens with zero attached hydrogens (tertiary/aromatic N) is 1. The van der Waals surface area contributed by atoms with Gasteiger partial charge in [-0.3, -0.25) is 14.4 Å². The highest BCUT2D eigenvalue weighted by atomic mass is 16.4. The maximum Gasteiger partial charge on any atom is 0.326 e. The first-order chi connectivity index (χ1) is 10.9. The molecule has 1 atom stereocenters. The molecule has 0 radical (unpaired) electrons. The van der Waals surface area contributed by atoms with Crippen LogP contribution in [0.15, 0.2) is 29.1 Å². The van der Waals surface area contributed by atoms with Gasteiger partial charge in [-0.1, -0.05) is 18.2 Å². The van der Waals surface area contributed by atoms with Crippen LogP contribution in [0.25, 0.3) is 10.8 Å². The molecule has 0 fully saturated rings. The van der Waals surface area contributed by atoms with Gasteiger partial charge in [-0.25, -0.2) is 9.89 Å². The lowest BCUT2D eigenvalue weighted by molar-refractivity contribution is -0.147. The lowest BCUT2D eigenvalue weighted by Crippen LogP contribution is -2.43. The molecule has 0 aliphatic carbocycles. The number of hydrogen-bond donors (Lipinski definition) is 4. The molecule has 0 aliphatic heterocycles. The molecule has 23 heavy (non-hydrogen) atoms. The van der Waals surface area contributed by atoms with Gasteiger partial charge in [-0.15, -0.1) is 0 Å². The Morgan fingerprint density at radius 3 is 2.43 bits per heavy atom. The van der Waals surface area contributed by atoms with E-state index in [1.807, 2.05) is 0 Å². The fourth-order valence-electron chi connectivity index (χ4n) is 2.08. The number of hydrogen-bond acceptors (Lipinski definition) is 5. The van der Waals surface area contributed by atoms with E-state index in [0.717, 1.165) is 0 Å². The summed E-state index contributed by atoms with van der Waals surface area (Å²) in [6.45, 7) is 0. The molecule has 120 valence electrons. The zero-order valence-electron chi connectivity index (χ0n) is 11.8. The van der Waals surface area contributed by atoms with Gasteiger partial charge in [-0.05, 0) is 6.07 Å². The van der Waals surface area contributed by atoms with Crippen LogP contribution in [-0.2, 0) is 20.8 Å². The summed E-state index contributed by atoms with van der Waals surface area (Å²) in [6.07, 6.45) is -1.03. The summed E-state index contributed by atoms with van der Waals surface area (Å²) >= 11 is 0. The number of carbonyl (C=O) groups is 3. The minimum atomic E-state index is -1.53. The van der Waals surface area contributed by atoms with Gasteiger partial charge >= 0.3 is 11.9 Å². The highest BCUT2D eigenvalue weighted by molar-refractivity contribution is 5.91. The first-order valence-corrected chi connectivity index (χ1v) is 6.58. The number of aromatic amines is 1. The fraction of sp³-hybridized carbons (Fsp3) is 0.214. The number of carbonyl (C=O) groups excluding carboxylic acids is 1. The van der Waals surface area contributed by atoms with Crippen LogP contribution in [0.2, 0.25) is 0 Å². The van der Waals surface area contributed by atoms with Crippen molar-refractivity contribution in [3.63, 3.8) is 0 Å². The lowest BCUT2D eigenvalue weighted by atomic mass is 10.1. The Hall–Kier alpha value is -3.23. The number of carboxylic acids is 2. The second-order valence-electron chi connectivity index (χ2n) is 4.78. The average Bonchev–Trinajstić information content (AvgIpc) is 2.49. The molecule has 0 spiro atoms. The lowest BCUT2D eigenvalue weighted by Gasteiger charge is -2.12. The summed E-state index contributed by atoms with van der Waals surface area (Å²) in [5.41, 5.74) is -0.142. The van der Waals surface area contributed by atoms with Crippen molar-refractivity contribution in [1.29, 1.82) is 0 Å². The Morgan fingerprint density at radius 1 is 1.17 bits per heavy atom. The first-order valence-electron chi connectivity index (χ1n) is 6.58. The van der Waals surface area contributed by atoms with Crippen LogP contribution in [0, 0.1) is 0 Å². The first kappa shape index (κ1) is 16.1. The predicted octanol–water partition coefficient (Wildman–Crippen LogP) is -0.490.